The van der Waals surface area contributed by atoms with Crippen molar-refractivity contribution in [1.82, 2.24) is 4.98 Å². The van der Waals surface area contributed by atoms with Gasteiger partial charge in [0.2, 0.25) is 5.88 Å². The first kappa shape index (κ1) is 14.6. The Bertz CT molecular complexity index is 722. The third kappa shape index (κ3) is 3.20. The van der Waals surface area contributed by atoms with E-state index in [2.05, 4.69) is 4.98 Å². The molecule has 0 atom stereocenters. The van der Waals surface area contributed by atoms with Gasteiger partial charge in [0.25, 0.3) is 0 Å². The summed E-state index contributed by atoms with van der Waals surface area (Å²) in [5.41, 5.74) is 3.95. The maximum absolute atomic E-state index is 12.9. The molecule has 0 saturated carbocycles. The van der Waals surface area contributed by atoms with Gasteiger partial charge in [0, 0.05) is 6.07 Å². The Balaban J connectivity index is 2.45. The van der Waals surface area contributed by atoms with E-state index in [1.54, 1.807) is 6.07 Å². The fraction of sp³-hybridized carbons (Fsp3) is 0.0769. The van der Waals surface area contributed by atoms with Crippen LogP contribution in [0.4, 0.5) is 23.2 Å². The monoisotopic (exact) mass is 297 g/mol. The van der Waals surface area contributed by atoms with Crippen molar-refractivity contribution in [3.63, 3.8) is 0 Å². The molecule has 0 radical (unpaired) electrons. The van der Waals surface area contributed by atoms with E-state index < -0.39 is 23.6 Å². The molecular weight excluding hydrogens is 290 g/mol. The number of halogens is 4. The Morgan fingerprint density at radius 2 is 1.90 bits per heavy atom. The second-order valence-corrected chi connectivity index (χ2v) is 3.94. The zero-order chi connectivity index (χ0) is 15.6. The molecule has 0 saturated heterocycles. The van der Waals surface area contributed by atoms with Crippen molar-refractivity contribution in [2.24, 2.45) is 0 Å². The van der Waals surface area contributed by atoms with Crippen LogP contribution < -0.4 is 10.5 Å². The van der Waals surface area contributed by atoms with Gasteiger partial charge in [-0.1, -0.05) is 0 Å². The minimum Gasteiger partial charge on any atom is -0.435 e. The maximum Gasteiger partial charge on any atom is 0.433 e. The molecule has 1 heterocycles. The number of hydrogen-bond donors (Lipinski definition) is 1. The largest absolute Gasteiger partial charge is 0.435 e. The summed E-state index contributed by atoms with van der Waals surface area (Å²) in [4.78, 5) is 3.25. The fourth-order valence-electron chi connectivity index (χ4n) is 1.48. The molecule has 0 aliphatic rings. The fourth-order valence-corrected chi connectivity index (χ4v) is 1.48. The minimum absolute atomic E-state index is 0.0975. The highest BCUT2D eigenvalue weighted by Gasteiger charge is 2.33. The molecule has 21 heavy (non-hydrogen) atoms. The molecule has 2 aromatic rings. The summed E-state index contributed by atoms with van der Waals surface area (Å²) in [5, 5.41) is 8.86. The van der Waals surface area contributed by atoms with Gasteiger partial charge in [-0.2, -0.15) is 18.4 Å². The van der Waals surface area contributed by atoms with E-state index >= 15 is 0 Å². The van der Waals surface area contributed by atoms with Crippen molar-refractivity contribution in [1.29, 1.82) is 5.26 Å². The number of nitriles is 1. The van der Waals surface area contributed by atoms with Gasteiger partial charge < -0.3 is 10.5 Å². The lowest BCUT2D eigenvalue weighted by molar-refractivity contribution is -0.141. The molecule has 0 bridgehead atoms. The first-order valence-electron chi connectivity index (χ1n) is 5.52. The van der Waals surface area contributed by atoms with Crippen molar-refractivity contribution < 1.29 is 22.3 Å². The van der Waals surface area contributed by atoms with Gasteiger partial charge in [0.15, 0.2) is 5.75 Å². The van der Waals surface area contributed by atoms with Gasteiger partial charge in [0.1, 0.15) is 23.1 Å². The number of nitrogens with zero attached hydrogens (tertiary/aromatic N) is 2. The highest BCUT2D eigenvalue weighted by molar-refractivity contribution is 5.54. The van der Waals surface area contributed by atoms with E-state index in [0.717, 1.165) is 24.3 Å². The van der Waals surface area contributed by atoms with Gasteiger partial charge >= 0.3 is 6.18 Å². The van der Waals surface area contributed by atoms with Crippen molar-refractivity contribution in [3.05, 3.63) is 47.4 Å². The predicted molar refractivity (Wildman–Crippen MR) is 64.8 cm³/mol. The molecule has 1 aromatic heterocycles. The van der Waals surface area contributed by atoms with Crippen LogP contribution in [0.5, 0.6) is 11.6 Å². The SMILES string of the molecule is N#Cc1ccc(C(F)(F)F)nc1Oc1ccc(F)cc1N. The number of benzene rings is 1. The number of nitrogens with two attached hydrogens (primary N) is 1. The van der Waals surface area contributed by atoms with Crippen LogP contribution in [0.3, 0.4) is 0 Å². The summed E-state index contributed by atoms with van der Waals surface area (Å²) >= 11 is 0. The molecule has 2 N–H and O–H groups in total. The van der Waals surface area contributed by atoms with E-state index in [9.17, 15) is 17.6 Å². The molecule has 1 aromatic carbocycles. The second kappa shape index (κ2) is 5.28. The number of alkyl halides is 3. The normalized spacial score (nSPS) is 11.0. The number of pyridine rings is 1. The molecule has 0 fully saturated rings. The van der Waals surface area contributed by atoms with E-state index in [1.165, 1.54) is 0 Å². The molecule has 0 unspecified atom stereocenters. The Morgan fingerprint density at radius 1 is 1.19 bits per heavy atom. The topological polar surface area (TPSA) is 71.9 Å². The zero-order valence-corrected chi connectivity index (χ0v) is 10.3. The standard InChI is InChI=1S/C13H7F4N3O/c14-8-2-3-10(9(19)5-8)21-12-7(6-18)1-4-11(20-12)13(15,16)17/h1-5H,19H2. The molecule has 2 rings (SSSR count). The van der Waals surface area contributed by atoms with E-state index in [4.69, 9.17) is 15.7 Å². The number of anilines is 1. The minimum atomic E-state index is -4.68. The van der Waals surface area contributed by atoms with Gasteiger partial charge in [-0.05, 0) is 24.3 Å². The number of hydrogen-bond acceptors (Lipinski definition) is 4. The van der Waals surface area contributed by atoms with Crippen molar-refractivity contribution in [2.45, 2.75) is 6.18 Å². The molecule has 8 heteroatoms. The molecule has 0 spiro atoms. The Kier molecular flexibility index (Phi) is 3.67. The van der Waals surface area contributed by atoms with Gasteiger partial charge in [-0.25, -0.2) is 9.37 Å². The zero-order valence-electron chi connectivity index (χ0n) is 10.3. The summed E-state index contributed by atoms with van der Waals surface area (Å²) in [6, 6.07) is 6.35. The van der Waals surface area contributed by atoms with Crippen molar-refractivity contribution in [3.8, 4) is 17.7 Å². The molecule has 0 amide bonds. The van der Waals surface area contributed by atoms with Crippen LogP contribution in [-0.4, -0.2) is 4.98 Å². The Labute approximate surface area is 116 Å². The van der Waals surface area contributed by atoms with Crippen molar-refractivity contribution >= 4 is 5.69 Å². The molecular formula is C13H7F4N3O. The maximum atomic E-state index is 12.9. The number of aromatic nitrogens is 1. The summed E-state index contributed by atoms with van der Waals surface area (Å²) in [5.74, 6) is -1.28. The second-order valence-electron chi connectivity index (χ2n) is 3.94. The smallest absolute Gasteiger partial charge is 0.433 e. The van der Waals surface area contributed by atoms with Crippen LogP contribution in [0, 0.1) is 17.1 Å². The molecule has 0 aliphatic heterocycles. The summed E-state index contributed by atoms with van der Waals surface area (Å²) in [7, 11) is 0. The average molecular weight is 297 g/mol. The highest BCUT2D eigenvalue weighted by atomic mass is 19.4. The first-order valence-corrected chi connectivity index (χ1v) is 5.52. The quantitative estimate of drug-likeness (QED) is 0.680. The van der Waals surface area contributed by atoms with Gasteiger partial charge in [0.05, 0.1) is 5.69 Å². The Hall–Kier alpha value is -2.82. The third-order valence-corrected chi connectivity index (χ3v) is 2.45. The van der Waals surface area contributed by atoms with Crippen LogP contribution >= 0.6 is 0 Å². The lowest BCUT2D eigenvalue weighted by Gasteiger charge is -2.11. The van der Waals surface area contributed by atoms with Gasteiger partial charge in [-0.15, -0.1) is 0 Å². The Morgan fingerprint density at radius 3 is 2.48 bits per heavy atom. The number of nitrogen functional groups attached to an aromatic ring is 1. The predicted octanol–water partition coefficient (Wildman–Crippen LogP) is 3.49. The van der Waals surface area contributed by atoms with Crippen molar-refractivity contribution in [2.75, 3.05) is 5.73 Å². The van der Waals surface area contributed by atoms with Crippen LogP contribution in [0.15, 0.2) is 30.3 Å². The van der Waals surface area contributed by atoms with E-state index in [0.29, 0.717) is 6.07 Å². The summed E-state index contributed by atoms with van der Waals surface area (Å²) < 4.78 is 55.8. The lowest BCUT2D eigenvalue weighted by atomic mass is 10.2. The summed E-state index contributed by atoms with van der Waals surface area (Å²) in [6.45, 7) is 0. The molecule has 108 valence electrons. The van der Waals surface area contributed by atoms with Crippen LogP contribution in [0.25, 0.3) is 0 Å². The number of ether oxygens (including phenoxy) is 1. The molecule has 4 nitrogen and oxygen atoms in total. The first-order chi connectivity index (χ1) is 9.81. The van der Waals surface area contributed by atoms with Gasteiger partial charge in [-0.3, -0.25) is 0 Å². The lowest BCUT2D eigenvalue weighted by Crippen LogP contribution is -2.09. The highest BCUT2D eigenvalue weighted by Crippen LogP contribution is 2.33. The summed E-state index contributed by atoms with van der Waals surface area (Å²) in [6.07, 6.45) is -4.68. The molecule has 0 aliphatic carbocycles. The van der Waals surface area contributed by atoms with Crippen LogP contribution in [0.2, 0.25) is 0 Å². The van der Waals surface area contributed by atoms with Crippen LogP contribution in [-0.2, 0) is 6.18 Å². The van der Waals surface area contributed by atoms with E-state index in [1.807, 2.05) is 0 Å². The van der Waals surface area contributed by atoms with E-state index in [-0.39, 0.29) is 17.0 Å². The number of rotatable bonds is 2. The average Bonchev–Trinajstić information content (AvgIpc) is 2.41. The third-order valence-electron chi connectivity index (χ3n) is 2.45. The van der Waals surface area contributed by atoms with Crippen LogP contribution in [0.1, 0.15) is 11.3 Å².